The zero-order valence-corrected chi connectivity index (χ0v) is 13.5. The lowest BCUT2D eigenvalue weighted by molar-refractivity contribution is -0.122. The summed E-state index contributed by atoms with van der Waals surface area (Å²) < 4.78 is 0. The highest BCUT2D eigenvalue weighted by molar-refractivity contribution is 5.76. The van der Waals surface area contributed by atoms with Gasteiger partial charge in [-0.25, -0.2) is 0 Å². The van der Waals surface area contributed by atoms with Crippen LogP contribution in [0, 0.1) is 0 Å². The Morgan fingerprint density at radius 2 is 2.05 bits per heavy atom. The van der Waals surface area contributed by atoms with Gasteiger partial charge in [0.15, 0.2) is 0 Å². The van der Waals surface area contributed by atoms with E-state index < -0.39 is 0 Å². The second-order valence-electron chi connectivity index (χ2n) is 6.46. The van der Waals surface area contributed by atoms with Crippen LogP contribution in [0.4, 0.5) is 0 Å². The zero-order chi connectivity index (χ0) is 15.2. The summed E-state index contributed by atoms with van der Waals surface area (Å²) in [5, 5.41) is 6.58. The standard InChI is InChI=1S/C18H28N2O/c1-13(2)16-9-6-15(7-10-16)8-11-18(21)20-17-5-4-12-19-14(17)3/h6-7,9-10,13-14,17,19H,4-5,8,11-12H2,1-3H3,(H,20,21). The molecule has 0 radical (unpaired) electrons. The lowest BCUT2D eigenvalue weighted by Crippen LogP contribution is -2.51. The first-order valence-corrected chi connectivity index (χ1v) is 8.18. The van der Waals surface area contributed by atoms with Gasteiger partial charge in [0.1, 0.15) is 0 Å². The van der Waals surface area contributed by atoms with Crippen LogP contribution in [-0.2, 0) is 11.2 Å². The van der Waals surface area contributed by atoms with Gasteiger partial charge in [-0.05, 0) is 49.8 Å². The Bertz CT molecular complexity index is 453. The van der Waals surface area contributed by atoms with E-state index in [9.17, 15) is 4.79 Å². The van der Waals surface area contributed by atoms with E-state index in [-0.39, 0.29) is 11.9 Å². The Morgan fingerprint density at radius 1 is 1.33 bits per heavy atom. The average Bonchev–Trinajstić information content (AvgIpc) is 2.48. The van der Waals surface area contributed by atoms with Crippen LogP contribution in [0.3, 0.4) is 0 Å². The maximum absolute atomic E-state index is 12.1. The van der Waals surface area contributed by atoms with Crippen molar-refractivity contribution >= 4 is 5.91 Å². The highest BCUT2D eigenvalue weighted by Gasteiger charge is 2.21. The summed E-state index contributed by atoms with van der Waals surface area (Å²) in [6.45, 7) is 7.61. The van der Waals surface area contributed by atoms with E-state index in [1.165, 1.54) is 11.1 Å². The molecule has 1 aromatic carbocycles. The Hall–Kier alpha value is -1.35. The molecule has 2 unspecified atom stereocenters. The van der Waals surface area contributed by atoms with E-state index in [2.05, 4.69) is 55.7 Å². The number of nitrogens with one attached hydrogen (secondary N) is 2. The van der Waals surface area contributed by atoms with Crippen molar-refractivity contribution in [1.82, 2.24) is 10.6 Å². The number of hydrogen-bond donors (Lipinski definition) is 2. The molecule has 21 heavy (non-hydrogen) atoms. The van der Waals surface area contributed by atoms with Crippen molar-refractivity contribution in [2.75, 3.05) is 6.54 Å². The van der Waals surface area contributed by atoms with Crippen LogP contribution in [0.1, 0.15) is 57.1 Å². The van der Waals surface area contributed by atoms with Crippen LogP contribution >= 0.6 is 0 Å². The third-order valence-corrected chi connectivity index (χ3v) is 4.40. The van der Waals surface area contributed by atoms with E-state index in [0.717, 1.165) is 25.8 Å². The molecule has 2 atom stereocenters. The molecule has 1 aromatic rings. The molecule has 1 heterocycles. The highest BCUT2D eigenvalue weighted by Crippen LogP contribution is 2.15. The molecule has 1 aliphatic rings. The molecule has 0 aromatic heterocycles. The molecule has 1 aliphatic heterocycles. The first kappa shape index (κ1) is 16.0. The van der Waals surface area contributed by atoms with Crippen molar-refractivity contribution < 1.29 is 4.79 Å². The monoisotopic (exact) mass is 288 g/mol. The molecule has 3 heteroatoms. The molecule has 0 aliphatic carbocycles. The first-order valence-electron chi connectivity index (χ1n) is 8.18. The number of rotatable bonds is 5. The third kappa shape index (κ3) is 4.85. The topological polar surface area (TPSA) is 41.1 Å². The summed E-state index contributed by atoms with van der Waals surface area (Å²) >= 11 is 0. The fourth-order valence-electron chi connectivity index (χ4n) is 2.85. The van der Waals surface area contributed by atoms with E-state index in [0.29, 0.717) is 18.4 Å². The number of aryl methyl sites for hydroxylation is 1. The van der Waals surface area contributed by atoms with Crippen LogP contribution in [0.5, 0.6) is 0 Å². The Labute approximate surface area is 128 Å². The van der Waals surface area contributed by atoms with Gasteiger partial charge in [0.05, 0.1) is 0 Å². The van der Waals surface area contributed by atoms with Gasteiger partial charge < -0.3 is 10.6 Å². The lowest BCUT2D eigenvalue weighted by atomic mass is 9.99. The molecule has 2 N–H and O–H groups in total. The quantitative estimate of drug-likeness (QED) is 0.874. The number of carbonyl (C=O) groups is 1. The molecule has 1 fully saturated rings. The summed E-state index contributed by atoms with van der Waals surface area (Å²) in [4.78, 5) is 12.1. The van der Waals surface area contributed by atoms with Gasteiger partial charge in [0.2, 0.25) is 5.91 Å². The Morgan fingerprint density at radius 3 is 2.67 bits per heavy atom. The molecular formula is C18H28N2O. The second kappa shape index (κ2) is 7.60. The van der Waals surface area contributed by atoms with Gasteiger partial charge in [0.25, 0.3) is 0 Å². The summed E-state index contributed by atoms with van der Waals surface area (Å²) in [5.74, 6) is 0.728. The van der Waals surface area contributed by atoms with Crippen LogP contribution < -0.4 is 10.6 Å². The zero-order valence-electron chi connectivity index (χ0n) is 13.5. The third-order valence-electron chi connectivity index (χ3n) is 4.40. The summed E-state index contributed by atoms with van der Waals surface area (Å²) in [6.07, 6.45) is 3.62. The highest BCUT2D eigenvalue weighted by atomic mass is 16.1. The van der Waals surface area contributed by atoms with Crippen LogP contribution in [0.2, 0.25) is 0 Å². The molecule has 0 saturated carbocycles. The SMILES string of the molecule is CC(C)c1ccc(CCC(=O)NC2CCCNC2C)cc1. The number of amides is 1. The van der Waals surface area contributed by atoms with Gasteiger partial charge in [-0.1, -0.05) is 38.1 Å². The Kier molecular flexibility index (Phi) is 5.80. The molecular weight excluding hydrogens is 260 g/mol. The second-order valence-corrected chi connectivity index (χ2v) is 6.46. The van der Waals surface area contributed by atoms with Crippen molar-refractivity contribution in [2.24, 2.45) is 0 Å². The molecule has 0 spiro atoms. The molecule has 3 nitrogen and oxygen atoms in total. The average molecular weight is 288 g/mol. The van der Waals surface area contributed by atoms with Gasteiger partial charge in [0, 0.05) is 18.5 Å². The summed E-state index contributed by atoms with van der Waals surface area (Å²) in [5.41, 5.74) is 2.59. The van der Waals surface area contributed by atoms with Gasteiger partial charge in [-0.3, -0.25) is 4.79 Å². The minimum atomic E-state index is 0.170. The normalized spacial score (nSPS) is 22.3. The van der Waals surface area contributed by atoms with Crippen molar-refractivity contribution in [3.05, 3.63) is 35.4 Å². The van der Waals surface area contributed by atoms with E-state index in [1.54, 1.807) is 0 Å². The Balaban J connectivity index is 1.78. The predicted molar refractivity (Wildman–Crippen MR) is 87.5 cm³/mol. The summed E-state index contributed by atoms with van der Waals surface area (Å²) in [6, 6.07) is 9.30. The van der Waals surface area contributed by atoms with Crippen molar-refractivity contribution in [3.8, 4) is 0 Å². The number of benzene rings is 1. The molecule has 2 rings (SSSR count). The molecule has 1 amide bonds. The maximum Gasteiger partial charge on any atom is 0.220 e. The van der Waals surface area contributed by atoms with Crippen molar-refractivity contribution in [1.29, 1.82) is 0 Å². The van der Waals surface area contributed by atoms with E-state index in [4.69, 9.17) is 0 Å². The molecule has 0 bridgehead atoms. The number of hydrogen-bond acceptors (Lipinski definition) is 2. The fourth-order valence-corrected chi connectivity index (χ4v) is 2.85. The van der Waals surface area contributed by atoms with Gasteiger partial charge >= 0.3 is 0 Å². The van der Waals surface area contributed by atoms with Crippen LogP contribution in [-0.4, -0.2) is 24.5 Å². The van der Waals surface area contributed by atoms with E-state index in [1.807, 2.05) is 0 Å². The smallest absolute Gasteiger partial charge is 0.220 e. The fraction of sp³-hybridized carbons (Fsp3) is 0.611. The molecule has 1 saturated heterocycles. The van der Waals surface area contributed by atoms with E-state index >= 15 is 0 Å². The van der Waals surface area contributed by atoms with Gasteiger partial charge in [-0.2, -0.15) is 0 Å². The van der Waals surface area contributed by atoms with Crippen LogP contribution in [0.15, 0.2) is 24.3 Å². The lowest BCUT2D eigenvalue weighted by Gasteiger charge is -2.30. The van der Waals surface area contributed by atoms with Crippen molar-refractivity contribution in [3.63, 3.8) is 0 Å². The number of piperidine rings is 1. The largest absolute Gasteiger partial charge is 0.352 e. The maximum atomic E-state index is 12.1. The van der Waals surface area contributed by atoms with Gasteiger partial charge in [-0.15, -0.1) is 0 Å². The first-order chi connectivity index (χ1) is 10.1. The van der Waals surface area contributed by atoms with Crippen LogP contribution in [0.25, 0.3) is 0 Å². The minimum Gasteiger partial charge on any atom is -0.352 e. The minimum absolute atomic E-state index is 0.170. The predicted octanol–water partition coefficient (Wildman–Crippen LogP) is 3.00. The molecule has 116 valence electrons. The number of carbonyl (C=O) groups excluding carboxylic acids is 1. The summed E-state index contributed by atoms with van der Waals surface area (Å²) in [7, 11) is 0. The van der Waals surface area contributed by atoms with Crippen molar-refractivity contribution in [2.45, 2.75) is 64.5 Å².